The minimum Gasteiger partial charge on any atom is -0.457 e. The molecule has 0 bridgehead atoms. The molecule has 2 aromatic carbocycles. The van der Waals surface area contributed by atoms with Crippen molar-refractivity contribution in [1.29, 1.82) is 0 Å². The van der Waals surface area contributed by atoms with Crippen molar-refractivity contribution in [2.45, 2.75) is 11.8 Å². The van der Waals surface area contributed by atoms with Crippen molar-refractivity contribution in [3.05, 3.63) is 54.1 Å². The molecule has 0 radical (unpaired) electrons. The van der Waals surface area contributed by atoms with E-state index in [2.05, 4.69) is 0 Å². The molecule has 0 spiro atoms. The van der Waals surface area contributed by atoms with Gasteiger partial charge < -0.3 is 4.74 Å². The van der Waals surface area contributed by atoms with E-state index < -0.39 is 10.0 Å². The summed E-state index contributed by atoms with van der Waals surface area (Å²) < 4.78 is 30.7. The molecular formula is C15H17NO3S. The average Bonchev–Trinajstić information content (AvgIpc) is 2.42. The van der Waals surface area contributed by atoms with E-state index in [0.29, 0.717) is 5.75 Å². The predicted octanol–water partition coefficient (Wildman–Crippen LogP) is 3.04. The first-order valence-corrected chi connectivity index (χ1v) is 7.61. The monoisotopic (exact) mass is 291 g/mol. The Morgan fingerprint density at radius 2 is 1.30 bits per heavy atom. The van der Waals surface area contributed by atoms with Gasteiger partial charge in [-0.05, 0) is 43.3 Å². The Balaban J connectivity index is 2.19. The number of aryl methyl sites for hydroxylation is 1. The van der Waals surface area contributed by atoms with Crippen molar-refractivity contribution in [3.8, 4) is 11.5 Å². The largest absolute Gasteiger partial charge is 0.457 e. The van der Waals surface area contributed by atoms with Gasteiger partial charge in [-0.2, -0.15) is 0 Å². The average molecular weight is 291 g/mol. The molecule has 2 aromatic rings. The number of ether oxygens (including phenoxy) is 1. The Kier molecular flexibility index (Phi) is 4.11. The number of benzene rings is 2. The maximum atomic E-state index is 11.9. The van der Waals surface area contributed by atoms with E-state index in [1.54, 1.807) is 24.3 Å². The minimum atomic E-state index is -3.39. The smallest absolute Gasteiger partial charge is 0.242 e. The van der Waals surface area contributed by atoms with Crippen LogP contribution in [0.1, 0.15) is 5.56 Å². The highest BCUT2D eigenvalue weighted by Gasteiger charge is 2.16. The minimum absolute atomic E-state index is 0.249. The zero-order valence-electron chi connectivity index (χ0n) is 11.7. The van der Waals surface area contributed by atoms with Gasteiger partial charge >= 0.3 is 0 Å². The van der Waals surface area contributed by atoms with E-state index >= 15 is 0 Å². The van der Waals surface area contributed by atoms with Gasteiger partial charge in [0.25, 0.3) is 0 Å². The second-order valence-electron chi connectivity index (χ2n) is 4.67. The molecule has 0 fully saturated rings. The number of sulfonamides is 1. The molecule has 20 heavy (non-hydrogen) atoms. The molecule has 0 aliphatic carbocycles. The molecule has 0 amide bonds. The quantitative estimate of drug-likeness (QED) is 0.870. The van der Waals surface area contributed by atoms with Crippen LogP contribution in [0, 0.1) is 6.92 Å². The first-order valence-electron chi connectivity index (χ1n) is 6.17. The molecule has 0 N–H and O–H groups in total. The molecule has 0 saturated carbocycles. The third kappa shape index (κ3) is 3.18. The SMILES string of the molecule is Cc1ccc(Oc2ccc(S(=O)(=O)N(C)C)cc2)cc1. The van der Waals surface area contributed by atoms with Crippen molar-refractivity contribution < 1.29 is 13.2 Å². The molecule has 0 aliphatic heterocycles. The zero-order chi connectivity index (χ0) is 14.8. The number of hydrogen-bond acceptors (Lipinski definition) is 3. The zero-order valence-corrected chi connectivity index (χ0v) is 12.5. The molecule has 0 heterocycles. The molecule has 0 saturated heterocycles. The Morgan fingerprint density at radius 3 is 1.75 bits per heavy atom. The van der Waals surface area contributed by atoms with Gasteiger partial charge in [0.1, 0.15) is 11.5 Å². The Labute approximate surface area is 119 Å². The Morgan fingerprint density at radius 1 is 0.850 bits per heavy atom. The van der Waals surface area contributed by atoms with Gasteiger partial charge in [-0.3, -0.25) is 0 Å². The first-order chi connectivity index (χ1) is 9.39. The summed E-state index contributed by atoms with van der Waals surface area (Å²) in [5.74, 6) is 1.32. The van der Waals surface area contributed by atoms with Crippen LogP contribution >= 0.6 is 0 Å². The topological polar surface area (TPSA) is 46.6 Å². The van der Waals surface area contributed by atoms with Crippen LogP contribution in [0.4, 0.5) is 0 Å². The van der Waals surface area contributed by atoms with Gasteiger partial charge in [0.15, 0.2) is 0 Å². The van der Waals surface area contributed by atoms with Crippen LogP contribution in [-0.2, 0) is 10.0 Å². The fourth-order valence-electron chi connectivity index (χ4n) is 1.63. The molecule has 106 valence electrons. The lowest BCUT2D eigenvalue weighted by molar-refractivity contribution is 0.481. The lowest BCUT2D eigenvalue weighted by Gasteiger charge is -2.12. The van der Waals surface area contributed by atoms with E-state index in [0.717, 1.165) is 11.3 Å². The Bertz CT molecular complexity index is 674. The molecule has 0 aromatic heterocycles. The van der Waals surface area contributed by atoms with Crippen LogP contribution in [0.3, 0.4) is 0 Å². The van der Waals surface area contributed by atoms with Crippen LogP contribution in [0.2, 0.25) is 0 Å². The van der Waals surface area contributed by atoms with Crippen molar-refractivity contribution in [3.63, 3.8) is 0 Å². The first kappa shape index (κ1) is 14.6. The van der Waals surface area contributed by atoms with Crippen LogP contribution in [0.15, 0.2) is 53.4 Å². The van der Waals surface area contributed by atoms with Crippen LogP contribution < -0.4 is 4.74 Å². The second-order valence-corrected chi connectivity index (χ2v) is 6.83. The molecule has 0 unspecified atom stereocenters. The molecule has 0 aliphatic rings. The summed E-state index contributed by atoms with van der Waals surface area (Å²) in [4.78, 5) is 0.249. The number of hydrogen-bond donors (Lipinski definition) is 0. The highest BCUT2D eigenvalue weighted by molar-refractivity contribution is 7.89. The lowest BCUT2D eigenvalue weighted by atomic mass is 10.2. The summed E-state index contributed by atoms with van der Waals surface area (Å²) in [5, 5.41) is 0. The molecular weight excluding hydrogens is 274 g/mol. The van der Waals surface area contributed by atoms with E-state index in [-0.39, 0.29) is 4.90 Å². The number of nitrogens with zero attached hydrogens (tertiary/aromatic N) is 1. The van der Waals surface area contributed by atoms with Gasteiger partial charge in [0.05, 0.1) is 4.90 Å². The standard InChI is InChI=1S/C15H17NO3S/c1-12-4-6-13(7-5-12)19-14-8-10-15(11-9-14)20(17,18)16(2)3/h4-11H,1-3H3. The van der Waals surface area contributed by atoms with Crippen molar-refractivity contribution in [2.75, 3.05) is 14.1 Å². The molecule has 0 atom stereocenters. The second kappa shape index (κ2) is 5.64. The van der Waals surface area contributed by atoms with Crippen LogP contribution in [-0.4, -0.2) is 26.8 Å². The van der Waals surface area contributed by atoms with Gasteiger partial charge in [0.2, 0.25) is 10.0 Å². The van der Waals surface area contributed by atoms with E-state index in [4.69, 9.17) is 4.74 Å². The maximum absolute atomic E-state index is 11.9. The summed E-state index contributed by atoms with van der Waals surface area (Å²) >= 11 is 0. The van der Waals surface area contributed by atoms with Crippen molar-refractivity contribution in [2.24, 2.45) is 0 Å². The van der Waals surface area contributed by atoms with E-state index in [1.807, 2.05) is 31.2 Å². The van der Waals surface area contributed by atoms with Gasteiger partial charge in [-0.25, -0.2) is 12.7 Å². The molecule has 5 heteroatoms. The summed E-state index contributed by atoms with van der Waals surface area (Å²) in [6.45, 7) is 2.00. The molecule has 4 nitrogen and oxygen atoms in total. The van der Waals surface area contributed by atoms with Gasteiger partial charge in [-0.1, -0.05) is 17.7 Å². The normalized spacial score (nSPS) is 11.6. The summed E-state index contributed by atoms with van der Waals surface area (Å²) in [6.07, 6.45) is 0. The highest BCUT2D eigenvalue weighted by atomic mass is 32.2. The molecule has 2 rings (SSSR count). The lowest BCUT2D eigenvalue weighted by Crippen LogP contribution is -2.22. The third-order valence-electron chi connectivity index (χ3n) is 2.86. The predicted molar refractivity (Wildman–Crippen MR) is 78.6 cm³/mol. The third-order valence-corrected chi connectivity index (χ3v) is 4.69. The van der Waals surface area contributed by atoms with Crippen LogP contribution in [0.25, 0.3) is 0 Å². The Hall–Kier alpha value is -1.85. The summed E-state index contributed by atoms with van der Waals surface area (Å²) in [6, 6.07) is 14.0. The van der Waals surface area contributed by atoms with E-state index in [9.17, 15) is 8.42 Å². The van der Waals surface area contributed by atoms with Crippen molar-refractivity contribution >= 4 is 10.0 Å². The highest BCUT2D eigenvalue weighted by Crippen LogP contribution is 2.23. The van der Waals surface area contributed by atoms with E-state index in [1.165, 1.54) is 18.4 Å². The summed E-state index contributed by atoms with van der Waals surface area (Å²) in [5.41, 5.74) is 1.16. The maximum Gasteiger partial charge on any atom is 0.242 e. The van der Waals surface area contributed by atoms with Crippen LogP contribution in [0.5, 0.6) is 11.5 Å². The fourth-order valence-corrected chi connectivity index (χ4v) is 2.53. The van der Waals surface area contributed by atoms with Gasteiger partial charge in [0, 0.05) is 14.1 Å². The fraction of sp³-hybridized carbons (Fsp3) is 0.200. The van der Waals surface area contributed by atoms with Crippen molar-refractivity contribution in [1.82, 2.24) is 4.31 Å². The summed E-state index contributed by atoms with van der Waals surface area (Å²) in [7, 11) is -0.382. The number of rotatable bonds is 4. The van der Waals surface area contributed by atoms with Gasteiger partial charge in [-0.15, -0.1) is 0 Å².